The zero-order valence-corrected chi connectivity index (χ0v) is 8.88. The summed E-state index contributed by atoms with van der Waals surface area (Å²) in [6.45, 7) is 0.758. The van der Waals surface area contributed by atoms with Crippen molar-refractivity contribution in [2.45, 2.75) is 32.4 Å². The normalized spacial score (nSPS) is 11.2. The van der Waals surface area contributed by atoms with E-state index in [4.69, 9.17) is 5.11 Å². The van der Waals surface area contributed by atoms with Gasteiger partial charge in [0, 0.05) is 6.54 Å². The van der Waals surface area contributed by atoms with E-state index in [1.807, 2.05) is 6.92 Å². The monoisotopic (exact) mass is 241 g/mol. The van der Waals surface area contributed by atoms with Gasteiger partial charge in [-0.2, -0.15) is 13.2 Å². The van der Waals surface area contributed by atoms with Crippen LogP contribution < -0.4 is 0 Å². The maximum Gasteiger partial charge on any atom is 0.471 e. The van der Waals surface area contributed by atoms with Gasteiger partial charge in [-0.15, -0.1) is 0 Å². The van der Waals surface area contributed by atoms with Crippen molar-refractivity contribution < 1.29 is 27.9 Å². The molecule has 0 bridgehead atoms. The molecule has 0 saturated heterocycles. The third kappa shape index (κ3) is 5.57. The number of halogens is 3. The summed E-state index contributed by atoms with van der Waals surface area (Å²) in [5.74, 6) is -3.54. The fourth-order valence-corrected chi connectivity index (χ4v) is 1.15. The third-order valence-corrected chi connectivity index (χ3v) is 1.89. The fourth-order valence-electron chi connectivity index (χ4n) is 1.15. The van der Waals surface area contributed by atoms with Gasteiger partial charge in [-0.05, 0) is 6.42 Å². The summed E-state index contributed by atoms with van der Waals surface area (Å²) < 4.78 is 36.2. The summed E-state index contributed by atoms with van der Waals surface area (Å²) in [7, 11) is 0. The first-order valence-electron chi connectivity index (χ1n) is 4.87. The van der Waals surface area contributed by atoms with Crippen LogP contribution >= 0.6 is 0 Å². The number of alkyl halides is 3. The number of carboxylic acid groups (broad SMARTS) is 1. The lowest BCUT2D eigenvalue weighted by Gasteiger charge is -2.21. The lowest BCUT2D eigenvalue weighted by Crippen LogP contribution is -2.44. The first-order chi connectivity index (χ1) is 7.29. The Morgan fingerprint density at radius 1 is 1.25 bits per heavy atom. The second kappa shape index (κ2) is 6.34. The number of hydrogen-bond donors (Lipinski definition) is 1. The molecular weight excluding hydrogens is 227 g/mol. The van der Waals surface area contributed by atoms with Gasteiger partial charge in [0.15, 0.2) is 0 Å². The number of carbonyl (C=O) groups is 2. The predicted octanol–water partition coefficient (Wildman–Crippen LogP) is 1.65. The van der Waals surface area contributed by atoms with Crippen molar-refractivity contribution in [3.8, 4) is 0 Å². The first-order valence-corrected chi connectivity index (χ1v) is 4.87. The minimum absolute atomic E-state index is 0.182. The minimum Gasteiger partial charge on any atom is -0.480 e. The Labute approximate surface area is 91.0 Å². The van der Waals surface area contributed by atoms with Crippen LogP contribution in [0.5, 0.6) is 0 Å². The second-order valence-electron chi connectivity index (χ2n) is 3.33. The molecular formula is C9H14F3NO3. The Bertz CT molecular complexity index is 253. The predicted molar refractivity (Wildman–Crippen MR) is 49.8 cm³/mol. The van der Waals surface area contributed by atoms with Crippen LogP contribution in [0.25, 0.3) is 0 Å². The largest absolute Gasteiger partial charge is 0.480 e. The van der Waals surface area contributed by atoms with Gasteiger partial charge in [-0.1, -0.05) is 19.8 Å². The van der Waals surface area contributed by atoms with Gasteiger partial charge in [0.1, 0.15) is 6.54 Å². The number of rotatable bonds is 6. The molecule has 0 aromatic rings. The molecule has 1 amide bonds. The number of nitrogens with zero attached hydrogens (tertiary/aromatic N) is 1. The molecule has 0 saturated carbocycles. The van der Waals surface area contributed by atoms with E-state index < -0.39 is 24.6 Å². The summed E-state index contributed by atoms with van der Waals surface area (Å²) in [6, 6.07) is 0. The molecule has 0 aromatic heterocycles. The van der Waals surface area contributed by atoms with Crippen molar-refractivity contribution in [3.05, 3.63) is 0 Å². The molecule has 0 fully saturated rings. The van der Waals surface area contributed by atoms with E-state index >= 15 is 0 Å². The van der Waals surface area contributed by atoms with Crippen LogP contribution in [0, 0.1) is 0 Å². The molecule has 0 radical (unpaired) electrons. The molecule has 0 aliphatic carbocycles. The molecule has 0 spiro atoms. The summed E-state index contributed by atoms with van der Waals surface area (Å²) in [5, 5.41) is 8.39. The molecule has 4 nitrogen and oxygen atoms in total. The molecule has 7 heteroatoms. The standard InChI is InChI=1S/C9H14F3NO3/c1-2-3-4-5-13(6-7(14)15)8(16)9(10,11)12/h2-6H2,1H3,(H,14,15). The third-order valence-electron chi connectivity index (χ3n) is 1.89. The van der Waals surface area contributed by atoms with E-state index in [-0.39, 0.29) is 6.54 Å². The number of unbranched alkanes of at least 4 members (excludes halogenated alkanes) is 2. The van der Waals surface area contributed by atoms with Gasteiger partial charge in [-0.25, -0.2) is 0 Å². The van der Waals surface area contributed by atoms with E-state index in [0.717, 1.165) is 6.42 Å². The highest BCUT2D eigenvalue weighted by atomic mass is 19.4. The van der Waals surface area contributed by atoms with E-state index in [1.54, 1.807) is 0 Å². The van der Waals surface area contributed by atoms with Crippen LogP contribution in [-0.4, -0.2) is 41.1 Å². The van der Waals surface area contributed by atoms with Crippen LogP contribution in [-0.2, 0) is 9.59 Å². The fraction of sp³-hybridized carbons (Fsp3) is 0.778. The van der Waals surface area contributed by atoms with E-state index in [9.17, 15) is 22.8 Å². The van der Waals surface area contributed by atoms with Crippen molar-refractivity contribution in [2.24, 2.45) is 0 Å². The second-order valence-corrected chi connectivity index (χ2v) is 3.33. The van der Waals surface area contributed by atoms with E-state index in [2.05, 4.69) is 0 Å². The first kappa shape index (κ1) is 14.7. The lowest BCUT2D eigenvalue weighted by molar-refractivity contribution is -0.186. The Hall–Kier alpha value is -1.27. The molecule has 94 valence electrons. The number of carboxylic acids is 1. The highest BCUT2D eigenvalue weighted by Gasteiger charge is 2.42. The SMILES string of the molecule is CCCCCN(CC(=O)O)C(=O)C(F)(F)F. The summed E-state index contributed by atoms with van der Waals surface area (Å²) >= 11 is 0. The smallest absolute Gasteiger partial charge is 0.471 e. The molecule has 0 aliphatic heterocycles. The molecule has 0 aromatic carbocycles. The van der Waals surface area contributed by atoms with Crippen molar-refractivity contribution >= 4 is 11.9 Å². The highest BCUT2D eigenvalue weighted by Crippen LogP contribution is 2.18. The van der Waals surface area contributed by atoms with Crippen LogP contribution in [0.4, 0.5) is 13.2 Å². The van der Waals surface area contributed by atoms with Crippen LogP contribution in [0.3, 0.4) is 0 Å². The van der Waals surface area contributed by atoms with Crippen molar-refractivity contribution in [3.63, 3.8) is 0 Å². The van der Waals surface area contributed by atoms with Crippen LogP contribution in [0.15, 0.2) is 0 Å². The highest BCUT2D eigenvalue weighted by molar-refractivity contribution is 5.85. The van der Waals surface area contributed by atoms with Crippen LogP contribution in [0.2, 0.25) is 0 Å². The van der Waals surface area contributed by atoms with E-state index in [1.165, 1.54) is 0 Å². The van der Waals surface area contributed by atoms with Crippen LogP contribution in [0.1, 0.15) is 26.2 Å². The minimum atomic E-state index is -5.01. The molecule has 0 unspecified atom stereocenters. The molecule has 0 heterocycles. The zero-order chi connectivity index (χ0) is 12.8. The number of aliphatic carboxylic acids is 1. The topological polar surface area (TPSA) is 57.6 Å². The van der Waals surface area contributed by atoms with Gasteiger partial charge in [0.25, 0.3) is 0 Å². The Morgan fingerprint density at radius 2 is 1.81 bits per heavy atom. The molecule has 1 N–H and O–H groups in total. The number of amides is 1. The molecule has 16 heavy (non-hydrogen) atoms. The number of carbonyl (C=O) groups excluding carboxylic acids is 1. The van der Waals surface area contributed by atoms with Gasteiger partial charge in [0.2, 0.25) is 0 Å². The molecule has 0 atom stereocenters. The summed E-state index contributed by atoms with van der Waals surface area (Å²) in [4.78, 5) is 21.5. The summed E-state index contributed by atoms with van der Waals surface area (Å²) in [5.41, 5.74) is 0. The molecule has 0 aliphatic rings. The van der Waals surface area contributed by atoms with E-state index in [0.29, 0.717) is 17.7 Å². The maximum absolute atomic E-state index is 12.1. The Kier molecular flexibility index (Phi) is 5.84. The average molecular weight is 241 g/mol. The van der Waals surface area contributed by atoms with Gasteiger partial charge in [-0.3, -0.25) is 9.59 Å². The van der Waals surface area contributed by atoms with Gasteiger partial charge >= 0.3 is 18.1 Å². The summed E-state index contributed by atoms with van der Waals surface area (Å²) in [6.07, 6.45) is -3.21. The average Bonchev–Trinajstić information content (AvgIpc) is 2.13. The lowest BCUT2D eigenvalue weighted by atomic mass is 10.2. The Morgan fingerprint density at radius 3 is 2.19 bits per heavy atom. The zero-order valence-electron chi connectivity index (χ0n) is 8.88. The van der Waals surface area contributed by atoms with Gasteiger partial charge in [0.05, 0.1) is 0 Å². The van der Waals surface area contributed by atoms with Crippen molar-refractivity contribution in [1.82, 2.24) is 4.90 Å². The molecule has 0 rings (SSSR count). The quantitative estimate of drug-likeness (QED) is 0.719. The van der Waals surface area contributed by atoms with Gasteiger partial charge < -0.3 is 10.0 Å². The van der Waals surface area contributed by atoms with Crippen molar-refractivity contribution in [1.29, 1.82) is 0 Å². The van der Waals surface area contributed by atoms with Crippen molar-refractivity contribution in [2.75, 3.05) is 13.1 Å². The Balaban J connectivity index is 4.42. The number of hydrogen-bond acceptors (Lipinski definition) is 2. The maximum atomic E-state index is 12.1.